The molecule has 0 saturated heterocycles. The summed E-state index contributed by atoms with van der Waals surface area (Å²) >= 11 is 12.0. The van der Waals surface area contributed by atoms with Gasteiger partial charge in [-0.05, 0) is 51.8 Å². The summed E-state index contributed by atoms with van der Waals surface area (Å²) in [4.78, 5) is 0. The zero-order valence-corrected chi connectivity index (χ0v) is 20.0. The van der Waals surface area contributed by atoms with Crippen LogP contribution in [0.1, 0.15) is 39.0 Å². The van der Waals surface area contributed by atoms with Crippen LogP contribution < -0.4 is 0 Å². The minimum Gasteiger partial charge on any atom is -0.306 e. The Kier molecular flexibility index (Phi) is 8.26. The molecule has 0 bridgehead atoms. The van der Waals surface area contributed by atoms with Crippen molar-refractivity contribution in [3.8, 4) is 11.3 Å². The molecule has 0 N–H and O–H groups in total. The van der Waals surface area contributed by atoms with Gasteiger partial charge in [-0.1, -0.05) is 23.2 Å². The van der Waals surface area contributed by atoms with Gasteiger partial charge in [-0.25, -0.2) is 4.39 Å². The first-order valence-corrected chi connectivity index (χ1v) is 11.9. The van der Waals surface area contributed by atoms with Gasteiger partial charge in [-0.15, -0.1) is 0 Å². The number of aryl methyl sites for hydroxylation is 2. The molecule has 1 heterocycles. The third kappa shape index (κ3) is 6.45. The van der Waals surface area contributed by atoms with Crippen molar-refractivity contribution >= 4 is 30.8 Å². The minimum atomic E-state index is -4.77. The Morgan fingerprint density at radius 3 is 2.13 bits per heavy atom. The van der Waals surface area contributed by atoms with E-state index in [0.717, 1.165) is 13.1 Å². The van der Waals surface area contributed by atoms with Crippen LogP contribution in [0.5, 0.6) is 0 Å². The van der Waals surface area contributed by atoms with Crippen LogP contribution in [-0.4, -0.2) is 28.2 Å². The monoisotopic (exact) mass is 504 g/mol. The summed E-state index contributed by atoms with van der Waals surface area (Å²) in [5.74, 6) is -0.887. The second-order valence-corrected chi connectivity index (χ2v) is 10.3. The summed E-state index contributed by atoms with van der Waals surface area (Å²) in [6.45, 7) is 6.84. The Morgan fingerprint density at radius 2 is 1.68 bits per heavy atom. The molecule has 0 unspecified atom stereocenters. The van der Waals surface area contributed by atoms with Crippen molar-refractivity contribution < 1.29 is 31.2 Å². The Balaban J connectivity index is 2.44. The van der Waals surface area contributed by atoms with Crippen LogP contribution in [0.25, 0.3) is 11.3 Å². The standard InChI is InChI=1S/C19H23Cl2F4N2O3P/c1-10(2)29-31(28,30-11(3)4)7-6-12-8-13(15(22)9-14(12)20)17-16(21)18(19(23,24)25)27(5)26-17/h8-11H,6-7H2,1-5H3. The molecule has 0 fully saturated rings. The highest BCUT2D eigenvalue weighted by Crippen LogP contribution is 2.51. The first kappa shape index (κ1) is 26.1. The highest BCUT2D eigenvalue weighted by atomic mass is 35.5. The lowest BCUT2D eigenvalue weighted by molar-refractivity contribution is -0.143. The maximum absolute atomic E-state index is 14.6. The molecule has 0 aliphatic rings. The fourth-order valence-electron chi connectivity index (χ4n) is 2.98. The molecule has 0 saturated carbocycles. The third-order valence-corrected chi connectivity index (χ3v) is 7.01. The van der Waals surface area contributed by atoms with E-state index in [1.54, 1.807) is 27.7 Å². The molecule has 2 aromatic rings. The molecule has 2 rings (SSSR count). The van der Waals surface area contributed by atoms with E-state index in [1.165, 1.54) is 6.07 Å². The molecule has 0 amide bonds. The molecule has 0 aliphatic carbocycles. The van der Waals surface area contributed by atoms with E-state index in [-0.39, 0.29) is 41.1 Å². The Bertz CT molecular complexity index is 980. The number of aromatic nitrogens is 2. The average Bonchev–Trinajstić information content (AvgIpc) is 2.86. The van der Waals surface area contributed by atoms with Crippen LogP contribution in [0.15, 0.2) is 12.1 Å². The van der Waals surface area contributed by atoms with Crippen LogP contribution in [0.2, 0.25) is 10.0 Å². The first-order chi connectivity index (χ1) is 14.1. The molecule has 1 aromatic heterocycles. The lowest BCUT2D eigenvalue weighted by Gasteiger charge is -2.23. The van der Waals surface area contributed by atoms with Gasteiger partial charge in [0.2, 0.25) is 0 Å². The second-order valence-electron chi connectivity index (χ2n) is 7.45. The summed E-state index contributed by atoms with van der Waals surface area (Å²) in [5, 5.41) is 3.04. The molecule has 174 valence electrons. The molecular formula is C19H23Cl2F4N2O3P. The predicted octanol–water partition coefficient (Wildman–Crippen LogP) is 7.14. The normalized spacial score (nSPS) is 12.9. The molecule has 5 nitrogen and oxygen atoms in total. The van der Waals surface area contributed by atoms with Crippen molar-refractivity contribution in [2.75, 3.05) is 6.16 Å². The van der Waals surface area contributed by atoms with E-state index in [0.29, 0.717) is 10.2 Å². The van der Waals surface area contributed by atoms with Crippen LogP contribution >= 0.6 is 30.8 Å². The number of rotatable bonds is 8. The zero-order chi connectivity index (χ0) is 23.7. The van der Waals surface area contributed by atoms with E-state index < -0.39 is 30.3 Å². The van der Waals surface area contributed by atoms with Crippen molar-refractivity contribution in [3.05, 3.63) is 39.3 Å². The largest absolute Gasteiger partial charge is 0.434 e. The number of halogens is 6. The van der Waals surface area contributed by atoms with Crippen LogP contribution in [-0.2, 0) is 33.3 Å². The molecule has 31 heavy (non-hydrogen) atoms. The fourth-order valence-corrected chi connectivity index (χ4v) is 5.65. The van der Waals surface area contributed by atoms with Crippen molar-refractivity contribution in [2.24, 2.45) is 7.05 Å². The molecule has 0 atom stereocenters. The van der Waals surface area contributed by atoms with Crippen LogP contribution in [0.4, 0.5) is 17.6 Å². The van der Waals surface area contributed by atoms with E-state index in [9.17, 15) is 22.1 Å². The Hall–Kier alpha value is -1.12. The summed E-state index contributed by atoms with van der Waals surface area (Å²) in [6.07, 6.45) is -5.48. The van der Waals surface area contributed by atoms with E-state index >= 15 is 0 Å². The molecular weight excluding hydrogens is 482 g/mol. The Labute approximate surface area is 188 Å². The summed E-state index contributed by atoms with van der Waals surface area (Å²) in [5.41, 5.74) is -1.47. The number of benzene rings is 1. The summed E-state index contributed by atoms with van der Waals surface area (Å²) in [7, 11) is -2.43. The second kappa shape index (κ2) is 9.79. The maximum Gasteiger partial charge on any atom is 0.434 e. The number of hydrogen-bond donors (Lipinski definition) is 0. The smallest absolute Gasteiger partial charge is 0.306 e. The van der Waals surface area contributed by atoms with Crippen molar-refractivity contribution in [2.45, 2.75) is 52.5 Å². The van der Waals surface area contributed by atoms with Crippen LogP contribution in [0, 0.1) is 5.82 Å². The van der Waals surface area contributed by atoms with Gasteiger partial charge >= 0.3 is 13.8 Å². The fraction of sp³-hybridized carbons (Fsp3) is 0.526. The molecule has 0 spiro atoms. The number of nitrogens with zero attached hydrogens (tertiary/aromatic N) is 2. The molecule has 0 radical (unpaired) electrons. The van der Waals surface area contributed by atoms with Gasteiger partial charge in [0, 0.05) is 17.6 Å². The van der Waals surface area contributed by atoms with Crippen molar-refractivity contribution in [1.29, 1.82) is 0 Å². The third-order valence-electron chi connectivity index (χ3n) is 4.05. The minimum absolute atomic E-state index is 0.0185. The highest BCUT2D eigenvalue weighted by molar-refractivity contribution is 7.53. The molecule has 12 heteroatoms. The van der Waals surface area contributed by atoms with Crippen LogP contribution in [0.3, 0.4) is 0 Å². The first-order valence-electron chi connectivity index (χ1n) is 9.38. The maximum atomic E-state index is 14.6. The summed E-state index contributed by atoms with van der Waals surface area (Å²) < 4.78 is 78.8. The van der Waals surface area contributed by atoms with Gasteiger partial charge < -0.3 is 9.05 Å². The topological polar surface area (TPSA) is 53.3 Å². The number of hydrogen-bond acceptors (Lipinski definition) is 4. The molecule has 1 aromatic carbocycles. The van der Waals surface area contributed by atoms with E-state index in [2.05, 4.69) is 5.10 Å². The quantitative estimate of drug-likeness (QED) is 0.283. The van der Waals surface area contributed by atoms with Gasteiger partial charge in [0.1, 0.15) is 11.5 Å². The Morgan fingerprint density at radius 1 is 1.13 bits per heavy atom. The highest BCUT2D eigenvalue weighted by Gasteiger charge is 2.39. The predicted molar refractivity (Wildman–Crippen MR) is 112 cm³/mol. The van der Waals surface area contributed by atoms with E-state index in [1.807, 2.05) is 0 Å². The lowest BCUT2D eigenvalue weighted by atomic mass is 10.1. The van der Waals surface area contributed by atoms with Gasteiger partial charge in [0.15, 0.2) is 5.69 Å². The zero-order valence-electron chi connectivity index (χ0n) is 17.6. The van der Waals surface area contributed by atoms with Crippen molar-refractivity contribution in [1.82, 2.24) is 9.78 Å². The molecule has 0 aliphatic heterocycles. The van der Waals surface area contributed by atoms with E-state index in [4.69, 9.17) is 32.2 Å². The van der Waals surface area contributed by atoms with Gasteiger partial charge in [0.05, 0.1) is 23.4 Å². The van der Waals surface area contributed by atoms with Gasteiger partial charge in [-0.3, -0.25) is 9.25 Å². The van der Waals surface area contributed by atoms with Gasteiger partial charge in [-0.2, -0.15) is 18.3 Å². The number of alkyl halides is 3. The SMILES string of the molecule is CC(C)OP(=O)(CCc1cc(-c2nn(C)c(C(F)(F)F)c2Cl)c(F)cc1Cl)OC(C)C. The average molecular weight is 505 g/mol. The lowest BCUT2D eigenvalue weighted by Crippen LogP contribution is -2.12. The van der Waals surface area contributed by atoms with Crippen molar-refractivity contribution in [3.63, 3.8) is 0 Å². The van der Waals surface area contributed by atoms with Gasteiger partial charge in [0.25, 0.3) is 0 Å². The summed E-state index contributed by atoms with van der Waals surface area (Å²) in [6, 6.07) is 2.21.